The minimum atomic E-state index is -0.261. The Morgan fingerprint density at radius 3 is 0.771 bits per heavy atom. The largest absolute Gasteiger partial charge is 0.349 e. The molecule has 1 aromatic rings. The number of piperidine rings is 3. The van der Waals surface area contributed by atoms with Gasteiger partial charge in [0, 0.05) is 68.0 Å². The van der Waals surface area contributed by atoms with Crippen LogP contribution in [0.4, 0.5) is 0 Å². The minimum absolute atomic E-state index is 0.0409. The zero-order valence-electron chi connectivity index (χ0n) is 32.8. The van der Waals surface area contributed by atoms with Crippen LogP contribution < -0.4 is 16.0 Å². The van der Waals surface area contributed by atoms with Gasteiger partial charge in [-0.15, -0.1) is 0 Å². The lowest BCUT2D eigenvalue weighted by Gasteiger charge is -2.53. The molecule has 0 aromatic heterocycles. The molecule has 48 heavy (non-hydrogen) atoms. The number of nitrogens with one attached hydrogen (secondary N) is 3. The van der Waals surface area contributed by atoms with Crippen molar-refractivity contribution in [2.45, 2.75) is 173 Å². The van der Waals surface area contributed by atoms with Crippen LogP contribution in [0.5, 0.6) is 0 Å². The molecular formula is C39H66N6O3. The third kappa shape index (κ3) is 7.94. The number of rotatable bonds is 6. The fraction of sp³-hybridized carbons (Fsp3) is 0.769. The summed E-state index contributed by atoms with van der Waals surface area (Å²) in [5.41, 5.74) is 0.390. The topological polar surface area (TPSA) is 97.0 Å². The third-order valence-electron chi connectivity index (χ3n) is 12.6. The first-order chi connectivity index (χ1) is 21.7. The second-order valence-corrected chi connectivity index (χ2v) is 19.1. The number of carbonyl (C=O) groups is 3. The fourth-order valence-corrected chi connectivity index (χ4v) is 9.25. The maximum absolute atomic E-state index is 14.0. The first kappa shape index (κ1) is 38.3. The molecule has 0 aliphatic carbocycles. The van der Waals surface area contributed by atoms with E-state index in [-0.39, 0.29) is 69.1 Å². The molecule has 9 heteroatoms. The van der Waals surface area contributed by atoms with Crippen molar-refractivity contribution >= 4 is 17.7 Å². The van der Waals surface area contributed by atoms with E-state index in [4.69, 9.17) is 0 Å². The van der Waals surface area contributed by atoms with Crippen molar-refractivity contribution in [2.75, 3.05) is 21.1 Å². The van der Waals surface area contributed by atoms with E-state index < -0.39 is 0 Å². The molecule has 3 fully saturated rings. The molecule has 9 nitrogen and oxygen atoms in total. The van der Waals surface area contributed by atoms with Gasteiger partial charge in [0.1, 0.15) is 0 Å². The van der Waals surface area contributed by atoms with Crippen LogP contribution >= 0.6 is 0 Å². The first-order valence-corrected chi connectivity index (χ1v) is 18.0. The van der Waals surface area contributed by atoms with Gasteiger partial charge in [-0.2, -0.15) is 0 Å². The molecule has 0 spiro atoms. The molecule has 4 rings (SSSR count). The lowest BCUT2D eigenvalue weighted by molar-refractivity contribution is -0.0173. The molecule has 0 atom stereocenters. The quantitative estimate of drug-likeness (QED) is 0.354. The predicted octanol–water partition coefficient (Wildman–Crippen LogP) is 5.83. The molecule has 3 heterocycles. The van der Waals surface area contributed by atoms with Gasteiger partial charge in [-0.1, -0.05) is 0 Å². The van der Waals surface area contributed by atoms with E-state index >= 15 is 0 Å². The Morgan fingerprint density at radius 1 is 0.438 bits per heavy atom. The number of likely N-dealkylation sites (tertiary alicyclic amines) is 3. The van der Waals surface area contributed by atoms with Gasteiger partial charge in [0.15, 0.2) is 0 Å². The molecule has 0 unspecified atom stereocenters. The summed E-state index contributed by atoms with van der Waals surface area (Å²) >= 11 is 0. The smallest absolute Gasteiger partial charge is 0.251 e. The van der Waals surface area contributed by atoms with E-state index in [1.54, 1.807) is 18.2 Å². The molecule has 1 aromatic carbocycles. The molecule has 0 saturated carbocycles. The summed E-state index contributed by atoms with van der Waals surface area (Å²) in [5, 5.41) is 9.82. The van der Waals surface area contributed by atoms with Crippen molar-refractivity contribution in [1.29, 1.82) is 0 Å². The number of nitrogens with zero attached hydrogens (tertiary/aromatic N) is 3. The van der Waals surface area contributed by atoms with Crippen LogP contribution in [0, 0.1) is 0 Å². The summed E-state index contributed by atoms with van der Waals surface area (Å²) in [6.45, 7) is 26.5. The molecule has 3 amide bonds. The van der Waals surface area contributed by atoms with E-state index in [1.165, 1.54) is 0 Å². The number of hydrogen-bond donors (Lipinski definition) is 3. The van der Waals surface area contributed by atoms with E-state index in [0.29, 0.717) is 16.7 Å². The number of benzene rings is 1. The molecule has 3 saturated heterocycles. The van der Waals surface area contributed by atoms with E-state index in [9.17, 15) is 14.4 Å². The Hall–Kier alpha value is -2.49. The van der Waals surface area contributed by atoms with Crippen molar-refractivity contribution in [3.63, 3.8) is 0 Å². The summed E-state index contributed by atoms with van der Waals surface area (Å²) in [6, 6.07) is 4.83. The van der Waals surface area contributed by atoms with Gasteiger partial charge in [-0.3, -0.25) is 29.1 Å². The Balaban J connectivity index is 1.64. The Bertz CT molecular complexity index is 1180. The van der Waals surface area contributed by atoms with Crippen molar-refractivity contribution < 1.29 is 14.4 Å². The SMILES string of the molecule is CN1C(C)(C)CC(NC(=O)c2cc(C(=O)NC3CC(C)(C)N(C)C(C)(C)C3)cc(C(=O)NC3CC(C)(C)N(C)C(C)(C)C3)c2)CC1(C)C. The average molecular weight is 667 g/mol. The van der Waals surface area contributed by atoms with Crippen molar-refractivity contribution in [2.24, 2.45) is 0 Å². The van der Waals surface area contributed by atoms with E-state index in [2.05, 4.69) is 135 Å². The third-order valence-corrected chi connectivity index (χ3v) is 12.6. The molecule has 0 radical (unpaired) electrons. The molecule has 0 bridgehead atoms. The standard InChI is InChI=1S/C39H66N6O3/c1-34(2)19-28(20-35(3,4)43(34)13)40-31(46)25-16-26(32(47)41-29-21-36(5,6)44(14)37(7,8)22-29)18-27(17-25)33(48)42-30-23-38(9,10)45(15)39(11,12)24-30/h16-18,28-30H,19-24H2,1-15H3,(H,40,46)(H,41,47)(H,42,48). The Labute approximate surface area is 291 Å². The van der Waals surface area contributed by atoms with Crippen LogP contribution in [-0.2, 0) is 0 Å². The van der Waals surface area contributed by atoms with Gasteiger partial charge in [0.05, 0.1) is 0 Å². The zero-order valence-corrected chi connectivity index (χ0v) is 32.8. The second-order valence-electron chi connectivity index (χ2n) is 19.1. The van der Waals surface area contributed by atoms with Crippen LogP contribution in [0.1, 0.15) is 153 Å². The van der Waals surface area contributed by atoms with E-state index in [1.807, 2.05) is 0 Å². The highest BCUT2D eigenvalue weighted by atomic mass is 16.2. The molecule has 3 aliphatic heterocycles. The molecule has 270 valence electrons. The molecule has 3 N–H and O–H groups in total. The van der Waals surface area contributed by atoms with E-state index in [0.717, 1.165) is 38.5 Å². The van der Waals surface area contributed by atoms with Gasteiger partial charge in [-0.25, -0.2) is 0 Å². The summed E-state index contributed by atoms with van der Waals surface area (Å²) in [6.07, 6.45) is 4.81. The van der Waals surface area contributed by atoms with Crippen LogP contribution in [0.25, 0.3) is 0 Å². The number of carbonyl (C=O) groups excluding carboxylic acids is 3. The highest BCUT2D eigenvalue weighted by Crippen LogP contribution is 2.39. The summed E-state index contributed by atoms with van der Waals surface area (Å²) in [7, 11) is 6.43. The monoisotopic (exact) mass is 667 g/mol. The van der Waals surface area contributed by atoms with Crippen molar-refractivity contribution in [3.8, 4) is 0 Å². The van der Waals surface area contributed by atoms with Crippen LogP contribution in [0.3, 0.4) is 0 Å². The Kier molecular flexibility index (Phi) is 10.1. The maximum atomic E-state index is 14.0. The van der Waals surface area contributed by atoms with Crippen molar-refractivity contribution in [3.05, 3.63) is 34.9 Å². The van der Waals surface area contributed by atoms with Gasteiger partial charge in [0.25, 0.3) is 17.7 Å². The summed E-state index contributed by atoms with van der Waals surface area (Å²) < 4.78 is 0. The number of amides is 3. The Morgan fingerprint density at radius 2 is 0.604 bits per heavy atom. The zero-order chi connectivity index (χ0) is 36.4. The van der Waals surface area contributed by atoms with Gasteiger partial charge in [-0.05, 0) is 161 Å². The minimum Gasteiger partial charge on any atom is -0.349 e. The lowest BCUT2D eigenvalue weighted by Crippen LogP contribution is -2.62. The molecular weight excluding hydrogens is 600 g/mol. The fourth-order valence-electron chi connectivity index (χ4n) is 9.25. The van der Waals surface area contributed by atoms with Gasteiger partial charge >= 0.3 is 0 Å². The summed E-state index contributed by atoms with van der Waals surface area (Å²) in [4.78, 5) is 49.0. The van der Waals surface area contributed by atoms with Crippen molar-refractivity contribution in [1.82, 2.24) is 30.7 Å². The highest BCUT2D eigenvalue weighted by Gasteiger charge is 2.46. The summed E-state index contributed by atoms with van der Waals surface area (Å²) in [5.74, 6) is -0.783. The molecule has 3 aliphatic rings. The first-order valence-electron chi connectivity index (χ1n) is 18.0. The number of hydrogen-bond acceptors (Lipinski definition) is 6. The van der Waals surface area contributed by atoms with Crippen LogP contribution in [0.15, 0.2) is 18.2 Å². The van der Waals surface area contributed by atoms with Crippen LogP contribution in [0.2, 0.25) is 0 Å². The highest BCUT2D eigenvalue weighted by molar-refractivity contribution is 6.04. The predicted molar refractivity (Wildman–Crippen MR) is 196 cm³/mol. The second kappa shape index (κ2) is 12.7. The maximum Gasteiger partial charge on any atom is 0.251 e. The average Bonchev–Trinajstić information content (AvgIpc) is 2.92. The van der Waals surface area contributed by atoms with Crippen LogP contribution in [-0.4, -0.2) is 105 Å². The van der Waals surface area contributed by atoms with Gasteiger partial charge < -0.3 is 16.0 Å². The lowest BCUT2D eigenvalue weighted by atomic mass is 9.77. The van der Waals surface area contributed by atoms with Gasteiger partial charge in [0.2, 0.25) is 0 Å². The normalized spacial score (nSPS) is 26.1.